The summed E-state index contributed by atoms with van der Waals surface area (Å²) in [6, 6.07) is 0. The molecule has 1 fully saturated rings. The molecule has 1 saturated carbocycles. The summed E-state index contributed by atoms with van der Waals surface area (Å²) in [5.74, 6) is -2.63. The molecule has 0 aliphatic heterocycles. The van der Waals surface area contributed by atoms with E-state index in [1.807, 2.05) is 12.2 Å². The summed E-state index contributed by atoms with van der Waals surface area (Å²) in [5, 5.41) is 13.1. The first-order valence-corrected chi connectivity index (χ1v) is 11.4. The van der Waals surface area contributed by atoms with Crippen molar-refractivity contribution in [3.63, 3.8) is 0 Å². The molecule has 6 nitrogen and oxygen atoms in total. The van der Waals surface area contributed by atoms with Gasteiger partial charge in [0.1, 0.15) is 5.00 Å². The van der Waals surface area contributed by atoms with Gasteiger partial charge < -0.3 is 16.2 Å². The van der Waals surface area contributed by atoms with Crippen molar-refractivity contribution >= 4 is 34.1 Å². The molecular weight excluding hydrogens is 388 g/mol. The Morgan fingerprint density at radius 1 is 1.17 bits per heavy atom. The van der Waals surface area contributed by atoms with E-state index in [1.54, 1.807) is 0 Å². The number of carbonyl (C=O) groups is 3. The van der Waals surface area contributed by atoms with Crippen molar-refractivity contribution in [1.82, 2.24) is 0 Å². The Hall–Kier alpha value is -2.15. The molecule has 7 heteroatoms. The summed E-state index contributed by atoms with van der Waals surface area (Å²) in [6.07, 6.45) is 10.6. The number of allylic oxidation sites excluding steroid dienone is 2. The predicted molar refractivity (Wildman–Crippen MR) is 112 cm³/mol. The Bertz CT molecular complexity index is 874. The van der Waals surface area contributed by atoms with Gasteiger partial charge in [0.25, 0.3) is 5.91 Å². The lowest BCUT2D eigenvalue weighted by atomic mass is 9.62. The normalized spacial score (nSPS) is 30.0. The molecule has 156 valence electrons. The Kier molecular flexibility index (Phi) is 5.51. The van der Waals surface area contributed by atoms with Crippen LogP contribution < -0.4 is 11.1 Å². The van der Waals surface area contributed by atoms with Crippen LogP contribution in [0.4, 0.5) is 5.00 Å². The summed E-state index contributed by atoms with van der Waals surface area (Å²) >= 11 is 1.44. The van der Waals surface area contributed by atoms with Crippen molar-refractivity contribution in [3.8, 4) is 0 Å². The Labute approximate surface area is 174 Å². The van der Waals surface area contributed by atoms with Gasteiger partial charge in [0.2, 0.25) is 5.91 Å². The van der Waals surface area contributed by atoms with E-state index in [0.29, 0.717) is 16.5 Å². The van der Waals surface area contributed by atoms with Gasteiger partial charge in [0.05, 0.1) is 17.4 Å². The zero-order valence-electron chi connectivity index (χ0n) is 16.6. The maximum atomic E-state index is 13.2. The maximum absolute atomic E-state index is 13.2. The largest absolute Gasteiger partial charge is 0.481 e. The minimum Gasteiger partial charge on any atom is -0.481 e. The third kappa shape index (κ3) is 3.61. The highest BCUT2D eigenvalue weighted by atomic mass is 32.1. The van der Waals surface area contributed by atoms with Crippen LogP contribution in [0.5, 0.6) is 0 Å². The van der Waals surface area contributed by atoms with Gasteiger partial charge in [0.15, 0.2) is 0 Å². The smallest absolute Gasteiger partial charge is 0.307 e. The molecule has 2 amide bonds. The SMILES string of the molecule is CCC[C@@H]1CCc2c(sc(NC(=O)[C@H]3[C@@H](C(=O)O)[C@H]4C=C[C@@H]3CC4)c2C(N)=O)C1. The standard InChI is InChI=1S/C22H28N2O4S/c1-2-3-11-4-9-14-15(10-11)29-21(18(14)19(23)25)24-20(26)16-12-5-7-13(8-6-12)17(16)22(27)28/h5,7,11-13,16-17H,2-4,6,8-10H2,1H3,(H2,23,25)(H,24,26)(H,27,28)/t11-,12-,13+,16-,17+/m1/s1. The molecule has 29 heavy (non-hydrogen) atoms. The van der Waals surface area contributed by atoms with E-state index in [-0.39, 0.29) is 17.7 Å². The zero-order valence-corrected chi connectivity index (χ0v) is 17.5. The van der Waals surface area contributed by atoms with E-state index < -0.39 is 23.7 Å². The molecule has 4 aliphatic rings. The fourth-order valence-electron chi connectivity index (χ4n) is 5.54. The van der Waals surface area contributed by atoms with Crippen molar-refractivity contribution in [2.45, 2.75) is 51.9 Å². The van der Waals surface area contributed by atoms with Crippen LogP contribution in [0.1, 0.15) is 59.8 Å². The van der Waals surface area contributed by atoms with E-state index in [4.69, 9.17) is 5.73 Å². The summed E-state index contributed by atoms with van der Waals surface area (Å²) in [5.41, 5.74) is 7.08. The first kappa shape index (κ1) is 20.1. The first-order valence-electron chi connectivity index (χ1n) is 10.6. The van der Waals surface area contributed by atoms with Gasteiger partial charge in [-0.1, -0.05) is 31.9 Å². The molecule has 0 aromatic carbocycles. The molecule has 0 saturated heterocycles. The minimum absolute atomic E-state index is 0.0679. The lowest BCUT2D eigenvalue weighted by Crippen LogP contribution is -2.47. The van der Waals surface area contributed by atoms with Crippen LogP contribution >= 0.6 is 11.3 Å². The van der Waals surface area contributed by atoms with E-state index in [0.717, 1.165) is 55.4 Å². The molecule has 1 aromatic heterocycles. The molecule has 0 radical (unpaired) electrons. The minimum atomic E-state index is -0.924. The Balaban J connectivity index is 1.61. The number of amides is 2. The molecule has 4 N–H and O–H groups in total. The monoisotopic (exact) mass is 416 g/mol. The predicted octanol–water partition coefficient (Wildman–Crippen LogP) is 3.60. The first-order chi connectivity index (χ1) is 13.9. The third-order valence-electron chi connectivity index (χ3n) is 6.88. The van der Waals surface area contributed by atoms with Crippen LogP contribution in [0.15, 0.2) is 12.2 Å². The molecular formula is C22H28N2O4S. The van der Waals surface area contributed by atoms with Crippen LogP contribution in [-0.2, 0) is 22.4 Å². The van der Waals surface area contributed by atoms with E-state index in [1.165, 1.54) is 11.3 Å². The van der Waals surface area contributed by atoms with Gasteiger partial charge in [0, 0.05) is 4.88 Å². The number of carbonyl (C=O) groups excluding carboxylic acids is 2. The van der Waals surface area contributed by atoms with Crippen LogP contribution in [0.25, 0.3) is 0 Å². The number of nitrogens with two attached hydrogens (primary N) is 1. The molecule has 0 spiro atoms. The van der Waals surface area contributed by atoms with Gasteiger partial charge in [-0.2, -0.15) is 0 Å². The van der Waals surface area contributed by atoms with Crippen LogP contribution in [0, 0.1) is 29.6 Å². The van der Waals surface area contributed by atoms with Gasteiger partial charge >= 0.3 is 5.97 Å². The average Bonchev–Trinajstić information content (AvgIpc) is 3.05. The number of hydrogen-bond donors (Lipinski definition) is 3. The number of fused-ring (bicyclic) bond motifs is 3. The van der Waals surface area contributed by atoms with Gasteiger partial charge in [-0.3, -0.25) is 14.4 Å². The second-order valence-corrected chi connectivity index (χ2v) is 9.74. The number of aliphatic carboxylic acids is 1. The number of hydrogen-bond acceptors (Lipinski definition) is 4. The second kappa shape index (κ2) is 7.94. The number of thiophene rings is 1. The van der Waals surface area contributed by atoms with Gasteiger partial charge in [-0.25, -0.2) is 0 Å². The van der Waals surface area contributed by atoms with Crippen molar-refractivity contribution < 1.29 is 19.5 Å². The van der Waals surface area contributed by atoms with Crippen molar-refractivity contribution in [3.05, 3.63) is 28.2 Å². The number of carboxylic acids is 1. The zero-order chi connectivity index (χ0) is 20.7. The highest BCUT2D eigenvalue weighted by Gasteiger charge is 2.48. The maximum Gasteiger partial charge on any atom is 0.307 e. The molecule has 2 bridgehead atoms. The van der Waals surface area contributed by atoms with Crippen LogP contribution in [0.3, 0.4) is 0 Å². The fraction of sp³-hybridized carbons (Fsp3) is 0.591. The summed E-state index contributed by atoms with van der Waals surface area (Å²) in [4.78, 5) is 38.4. The number of rotatable bonds is 6. The number of nitrogens with one attached hydrogen (secondary N) is 1. The van der Waals surface area contributed by atoms with Gasteiger partial charge in [-0.05, 0) is 55.4 Å². The topological polar surface area (TPSA) is 109 Å². The van der Waals surface area contributed by atoms with Crippen molar-refractivity contribution in [2.24, 2.45) is 35.3 Å². The second-order valence-electron chi connectivity index (χ2n) is 8.64. The van der Waals surface area contributed by atoms with E-state index >= 15 is 0 Å². The van der Waals surface area contributed by atoms with Crippen LogP contribution in [-0.4, -0.2) is 22.9 Å². The number of carboxylic acid groups (broad SMARTS) is 1. The van der Waals surface area contributed by atoms with Crippen molar-refractivity contribution in [2.75, 3.05) is 5.32 Å². The Morgan fingerprint density at radius 2 is 1.86 bits per heavy atom. The summed E-state index contributed by atoms with van der Waals surface area (Å²) < 4.78 is 0. The molecule has 0 unspecified atom stereocenters. The lowest BCUT2D eigenvalue weighted by Gasteiger charge is -2.41. The van der Waals surface area contributed by atoms with Gasteiger partial charge in [-0.15, -0.1) is 11.3 Å². The number of primary amides is 1. The summed E-state index contributed by atoms with van der Waals surface area (Å²) in [6.45, 7) is 2.18. The molecule has 5 atom stereocenters. The quantitative estimate of drug-likeness (QED) is 0.615. The average molecular weight is 417 g/mol. The van der Waals surface area contributed by atoms with E-state index in [2.05, 4.69) is 12.2 Å². The van der Waals surface area contributed by atoms with E-state index in [9.17, 15) is 19.5 Å². The lowest BCUT2D eigenvalue weighted by molar-refractivity contribution is -0.151. The Morgan fingerprint density at radius 3 is 2.45 bits per heavy atom. The third-order valence-corrected chi connectivity index (χ3v) is 8.05. The highest BCUT2D eigenvalue weighted by Crippen LogP contribution is 2.46. The van der Waals surface area contributed by atoms with Crippen LogP contribution in [0.2, 0.25) is 0 Å². The fourth-order valence-corrected chi connectivity index (χ4v) is 6.91. The molecule has 5 rings (SSSR count). The highest BCUT2D eigenvalue weighted by molar-refractivity contribution is 7.17. The molecule has 1 aromatic rings. The van der Waals surface area contributed by atoms with Crippen molar-refractivity contribution in [1.29, 1.82) is 0 Å². The summed E-state index contributed by atoms with van der Waals surface area (Å²) in [7, 11) is 0. The molecule has 4 aliphatic carbocycles. The molecule has 1 heterocycles. The number of anilines is 1.